The Bertz CT molecular complexity index is 393. The summed E-state index contributed by atoms with van der Waals surface area (Å²) < 4.78 is 1.00. The van der Waals surface area contributed by atoms with Crippen LogP contribution in [0.2, 0.25) is 0 Å². The van der Waals surface area contributed by atoms with Gasteiger partial charge in [0.15, 0.2) is 0 Å². The molecule has 1 unspecified atom stereocenters. The van der Waals surface area contributed by atoms with E-state index in [1.54, 1.807) is 0 Å². The normalized spacial score (nSPS) is 14.5. The van der Waals surface area contributed by atoms with Gasteiger partial charge >= 0.3 is 0 Å². The smallest absolute Gasteiger partial charge is 0.237 e. The van der Waals surface area contributed by atoms with Gasteiger partial charge in [0, 0.05) is 4.47 Å². The molecule has 17 heavy (non-hydrogen) atoms. The van der Waals surface area contributed by atoms with Crippen molar-refractivity contribution in [2.45, 2.75) is 32.9 Å². The Morgan fingerprint density at radius 3 is 2.53 bits per heavy atom. The van der Waals surface area contributed by atoms with Gasteiger partial charge in [0.25, 0.3) is 0 Å². The van der Waals surface area contributed by atoms with E-state index in [0.717, 1.165) is 10.0 Å². The predicted octanol–water partition coefficient (Wildman–Crippen LogP) is 2.61. The molecule has 1 aromatic rings. The van der Waals surface area contributed by atoms with Gasteiger partial charge in [-0.05, 0) is 30.5 Å². The van der Waals surface area contributed by atoms with Gasteiger partial charge < -0.3 is 11.1 Å². The first-order valence-corrected chi connectivity index (χ1v) is 6.52. The number of halogens is 1. The van der Waals surface area contributed by atoms with Gasteiger partial charge in [0.1, 0.15) is 0 Å². The lowest BCUT2D eigenvalue weighted by Gasteiger charge is -2.20. The summed E-state index contributed by atoms with van der Waals surface area (Å²) in [5.41, 5.74) is 6.85. The van der Waals surface area contributed by atoms with E-state index in [2.05, 4.69) is 21.2 Å². The van der Waals surface area contributed by atoms with Gasteiger partial charge in [0.05, 0.1) is 12.1 Å². The number of amides is 1. The molecule has 0 heterocycles. The molecule has 1 amide bonds. The number of benzene rings is 1. The largest absolute Gasteiger partial charge is 0.348 e. The van der Waals surface area contributed by atoms with Crippen LogP contribution in [0.4, 0.5) is 0 Å². The van der Waals surface area contributed by atoms with Crippen molar-refractivity contribution in [2.75, 3.05) is 0 Å². The van der Waals surface area contributed by atoms with Crippen molar-refractivity contribution in [3.63, 3.8) is 0 Å². The minimum Gasteiger partial charge on any atom is -0.348 e. The molecule has 0 spiro atoms. The average Bonchev–Trinajstić information content (AvgIpc) is 2.27. The lowest BCUT2D eigenvalue weighted by molar-refractivity contribution is -0.123. The van der Waals surface area contributed by atoms with Gasteiger partial charge in [-0.3, -0.25) is 4.79 Å². The van der Waals surface area contributed by atoms with E-state index in [-0.39, 0.29) is 17.9 Å². The summed E-state index contributed by atoms with van der Waals surface area (Å²) in [6.45, 7) is 5.83. The zero-order valence-electron chi connectivity index (χ0n) is 10.4. The van der Waals surface area contributed by atoms with Gasteiger partial charge in [-0.2, -0.15) is 0 Å². The Morgan fingerprint density at radius 1 is 1.35 bits per heavy atom. The van der Waals surface area contributed by atoms with E-state index in [0.29, 0.717) is 0 Å². The molecule has 0 radical (unpaired) electrons. The average molecular weight is 299 g/mol. The molecular formula is C13H19BrN2O. The SMILES string of the molecule is CC(C)C(N)C(=O)N[C@@H](C)c1cccc(Br)c1. The van der Waals surface area contributed by atoms with Gasteiger partial charge in [-0.1, -0.05) is 41.9 Å². The zero-order chi connectivity index (χ0) is 13.0. The highest BCUT2D eigenvalue weighted by molar-refractivity contribution is 9.10. The number of hydrogen-bond acceptors (Lipinski definition) is 2. The number of carbonyl (C=O) groups excluding carboxylic acids is 1. The molecule has 0 saturated heterocycles. The van der Waals surface area contributed by atoms with Crippen LogP contribution in [0.5, 0.6) is 0 Å². The van der Waals surface area contributed by atoms with Gasteiger partial charge in [-0.15, -0.1) is 0 Å². The van der Waals surface area contributed by atoms with Crippen LogP contribution >= 0.6 is 15.9 Å². The van der Waals surface area contributed by atoms with Gasteiger partial charge in [0.2, 0.25) is 5.91 Å². The summed E-state index contributed by atoms with van der Waals surface area (Å²) >= 11 is 3.41. The third-order valence-electron chi connectivity index (χ3n) is 2.73. The second kappa shape index (κ2) is 6.17. The molecule has 0 bridgehead atoms. The lowest BCUT2D eigenvalue weighted by atomic mass is 10.0. The van der Waals surface area contributed by atoms with Crippen LogP contribution in [0.1, 0.15) is 32.4 Å². The summed E-state index contributed by atoms with van der Waals surface area (Å²) in [5.74, 6) is 0.0391. The molecule has 2 atom stereocenters. The van der Waals surface area contributed by atoms with E-state index in [1.165, 1.54) is 0 Å². The standard InChI is InChI=1S/C13H19BrN2O/c1-8(2)12(15)13(17)16-9(3)10-5-4-6-11(14)7-10/h4-9,12H,15H2,1-3H3,(H,16,17)/t9-,12?/m0/s1. The Balaban J connectivity index is 2.66. The summed E-state index contributed by atoms with van der Waals surface area (Å²) in [6, 6.07) is 7.39. The maximum absolute atomic E-state index is 11.8. The molecule has 0 fully saturated rings. The highest BCUT2D eigenvalue weighted by Crippen LogP contribution is 2.18. The monoisotopic (exact) mass is 298 g/mol. The molecule has 94 valence electrons. The molecule has 0 aliphatic carbocycles. The van der Waals surface area contributed by atoms with E-state index in [4.69, 9.17) is 5.73 Å². The molecule has 0 aromatic heterocycles. The van der Waals surface area contributed by atoms with Crippen LogP contribution in [0, 0.1) is 5.92 Å². The topological polar surface area (TPSA) is 55.1 Å². The summed E-state index contributed by atoms with van der Waals surface area (Å²) in [7, 11) is 0. The molecule has 1 rings (SSSR count). The lowest BCUT2D eigenvalue weighted by Crippen LogP contribution is -2.44. The quantitative estimate of drug-likeness (QED) is 0.898. The van der Waals surface area contributed by atoms with Crippen molar-refractivity contribution in [1.29, 1.82) is 0 Å². The molecule has 3 N–H and O–H groups in total. The molecular weight excluding hydrogens is 280 g/mol. The van der Waals surface area contributed by atoms with Crippen molar-refractivity contribution in [3.05, 3.63) is 34.3 Å². The summed E-state index contributed by atoms with van der Waals surface area (Å²) in [6.07, 6.45) is 0. The van der Waals surface area contributed by atoms with Crippen LogP contribution in [0.3, 0.4) is 0 Å². The molecule has 0 aliphatic rings. The molecule has 1 aromatic carbocycles. The Hall–Kier alpha value is -0.870. The molecule has 4 heteroatoms. The van der Waals surface area contributed by atoms with E-state index < -0.39 is 6.04 Å². The second-order valence-electron chi connectivity index (χ2n) is 4.56. The van der Waals surface area contributed by atoms with Gasteiger partial charge in [-0.25, -0.2) is 0 Å². The molecule has 0 saturated carbocycles. The number of carbonyl (C=O) groups is 1. The fraction of sp³-hybridized carbons (Fsp3) is 0.462. The number of hydrogen-bond donors (Lipinski definition) is 2. The maximum Gasteiger partial charge on any atom is 0.237 e. The predicted molar refractivity (Wildman–Crippen MR) is 73.5 cm³/mol. The third-order valence-corrected chi connectivity index (χ3v) is 3.22. The first-order valence-electron chi connectivity index (χ1n) is 5.73. The van der Waals surface area contributed by atoms with E-state index >= 15 is 0 Å². The third kappa shape index (κ3) is 4.13. The zero-order valence-corrected chi connectivity index (χ0v) is 12.0. The first kappa shape index (κ1) is 14.2. The minimum atomic E-state index is -0.454. The summed E-state index contributed by atoms with van der Waals surface area (Å²) in [5, 5.41) is 2.92. The fourth-order valence-corrected chi connectivity index (χ4v) is 1.89. The van der Waals surface area contributed by atoms with Crippen LogP contribution in [-0.2, 0) is 4.79 Å². The number of rotatable bonds is 4. The van der Waals surface area contributed by atoms with Crippen molar-refractivity contribution in [1.82, 2.24) is 5.32 Å². The summed E-state index contributed by atoms with van der Waals surface area (Å²) in [4.78, 5) is 11.8. The number of nitrogens with two attached hydrogens (primary N) is 1. The maximum atomic E-state index is 11.8. The second-order valence-corrected chi connectivity index (χ2v) is 5.47. The van der Waals surface area contributed by atoms with Crippen molar-refractivity contribution in [2.24, 2.45) is 11.7 Å². The highest BCUT2D eigenvalue weighted by Gasteiger charge is 2.19. The molecule has 3 nitrogen and oxygen atoms in total. The van der Waals surface area contributed by atoms with Crippen LogP contribution in [0.15, 0.2) is 28.7 Å². The first-order chi connectivity index (χ1) is 7.91. The van der Waals surface area contributed by atoms with Crippen molar-refractivity contribution in [3.8, 4) is 0 Å². The Labute approximate surface area is 111 Å². The minimum absolute atomic E-state index is 0.0372. The highest BCUT2D eigenvalue weighted by atomic mass is 79.9. The Kier molecular flexibility index (Phi) is 5.15. The fourth-order valence-electron chi connectivity index (χ4n) is 1.47. The van der Waals surface area contributed by atoms with Crippen LogP contribution in [-0.4, -0.2) is 11.9 Å². The van der Waals surface area contributed by atoms with Crippen LogP contribution in [0.25, 0.3) is 0 Å². The van der Waals surface area contributed by atoms with Crippen LogP contribution < -0.4 is 11.1 Å². The Morgan fingerprint density at radius 2 is 2.00 bits per heavy atom. The number of nitrogens with one attached hydrogen (secondary N) is 1. The van der Waals surface area contributed by atoms with E-state index in [1.807, 2.05) is 45.0 Å². The van der Waals surface area contributed by atoms with E-state index in [9.17, 15) is 4.79 Å². The van der Waals surface area contributed by atoms with Crippen molar-refractivity contribution < 1.29 is 4.79 Å². The van der Waals surface area contributed by atoms with Crippen molar-refractivity contribution >= 4 is 21.8 Å². The molecule has 0 aliphatic heterocycles.